The zero-order valence-electron chi connectivity index (χ0n) is 18.7. The average molecular weight is 471 g/mol. The molecule has 0 spiro atoms. The Bertz CT molecular complexity index is 1230. The molecule has 3 heterocycles. The van der Waals surface area contributed by atoms with E-state index in [1.165, 1.54) is 36.6 Å². The number of carbonyl (C=O) groups is 1. The number of nitrogens with zero attached hydrogens (tertiary/aromatic N) is 6. The Morgan fingerprint density at radius 3 is 2.61 bits per heavy atom. The van der Waals surface area contributed by atoms with Crippen molar-refractivity contribution in [2.45, 2.75) is 39.4 Å². The number of nitrogens with one attached hydrogen (secondary N) is 2. The van der Waals surface area contributed by atoms with Gasteiger partial charge in [-0.15, -0.1) is 9.90 Å². The van der Waals surface area contributed by atoms with E-state index in [0.29, 0.717) is 33.9 Å². The number of aryl methyl sites for hydroxylation is 1. The largest absolute Gasteiger partial charge is 0.384 e. The number of carbonyl (C=O) groups excluding carboxylic acids is 1. The maximum atomic E-state index is 12.6. The molecule has 11 nitrogen and oxygen atoms in total. The first-order valence-electron chi connectivity index (χ1n) is 9.86. The van der Waals surface area contributed by atoms with Crippen molar-refractivity contribution in [3.05, 3.63) is 52.2 Å². The van der Waals surface area contributed by atoms with Crippen molar-refractivity contribution in [3.8, 4) is 11.9 Å². The third-order valence-electron chi connectivity index (χ3n) is 4.82. The number of ether oxygens (including phenoxy) is 1. The van der Waals surface area contributed by atoms with Gasteiger partial charge < -0.3 is 20.5 Å². The molecule has 0 aliphatic carbocycles. The summed E-state index contributed by atoms with van der Waals surface area (Å²) in [5, 5.41) is 33.3. The molecule has 0 aromatic carbocycles. The Labute approximate surface area is 195 Å². The lowest BCUT2D eigenvalue weighted by Crippen LogP contribution is -2.22. The molecule has 3 aromatic heterocycles. The number of urea groups is 1. The van der Waals surface area contributed by atoms with Gasteiger partial charge >= 0.3 is 6.03 Å². The number of aliphatic hydroxyl groups is 1. The van der Waals surface area contributed by atoms with Crippen molar-refractivity contribution in [1.82, 2.24) is 25.0 Å². The van der Waals surface area contributed by atoms with Crippen LogP contribution in [-0.2, 0) is 10.3 Å². The quantitative estimate of drug-likeness (QED) is 0.495. The van der Waals surface area contributed by atoms with Crippen LogP contribution in [0.15, 0.2) is 24.7 Å². The second kappa shape index (κ2) is 9.50. The lowest BCUT2D eigenvalue weighted by atomic mass is 10.0. The lowest BCUT2D eigenvalue weighted by molar-refractivity contribution is 0.0734. The fraction of sp³-hybridized carbons (Fsp3) is 0.333. The van der Waals surface area contributed by atoms with Crippen molar-refractivity contribution < 1.29 is 14.6 Å². The number of anilines is 2. The average Bonchev–Trinajstić information content (AvgIpc) is 3.24. The summed E-state index contributed by atoms with van der Waals surface area (Å²) in [7, 11) is 1.51. The van der Waals surface area contributed by atoms with Gasteiger partial charge in [0.25, 0.3) is 0 Å². The molecular formula is C21H23ClN8O3. The van der Waals surface area contributed by atoms with E-state index in [1.807, 2.05) is 0 Å². The van der Waals surface area contributed by atoms with E-state index in [9.17, 15) is 15.2 Å². The highest BCUT2D eigenvalue weighted by atomic mass is 35.5. The zero-order chi connectivity index (χ0) is 24.3. The van der Waals surface area contributed by atoms with Crippen molar-refractivity contribution in [1.29, 1.82) is 5.26 Å². The van der Waals surface area contributed by atoms with Crippen molar-refractivity contribution >= 4 is 29.0 Å². The highest BCUT2D eigenvalue weighted by Crippen LogP contribution is 2.30. The molecule has 1 atom stereocenters. The predicted octanol–water partition coefficient (Wildman–Crippen LogP) is 3.47. The second-order valence-corrected chi connectivity index (χ2v) is 8.13. The van der Waals surface area contributed by atoms with E-state index in [0.717, 1.165) is 0 Å². The Morgan fingerprint density at radius 2 is 2.03 bits per heavy atom. The van der Waals surface area contributed by atoms with Gasteiger partial charge in [-0.05, 0) is 33.8 Å². The smallest absolute Gasteiger partial charge is 0.323 e. The molecule has 2 amide bonds. The summed E-state index contributed by atoms with van der Waals surface area (Å²) in [6, 6.07) is 3.02. The van der Waals surface area contributed by atoms with Gasteiger partial charge in [0.2, 0.25) is 0 Å². The molecule has 0 bridgehead atoms. The number of hydrogen-bond acceptors (Lipinski definition) is 8. The van der Waals surface area contributed by atoms with Crippen LogP contribution in [0, 0.1) is 18.3 Å². The molecule has 33 heavy (non-hydrogen) atoms. The minimum Gasteiger partial charge on any atom is -0.384 e. The van der Waals surface area contributed by atoms with Crippen molar-refractivity contribution in [2.24, 2.45) is 0 Å². The number of halogens is 1. The number of hydrogen-bond donors (Lipinski definition) is 3. The van der Waals surface area contributed by atoms with E-state index in [-0.39, 0.29) is 10.8 Å². The first-order chi connectivity index (χ1) is 15.5. The van der Waals surface area contributed by atoms with E-state index >= 15 is 0 Å². The normalized spacial score (nSPS) is 12.2. The van der Waals surface area contributed by atoms with E-state index < -0.39 is 17.7 Å². The van der Waals surface area contributed by atoms with Gasteiger partial charge in [-0.1, -0.05) is 11.6 Å². The van der Waals surface area contributed by atoms with Gasteiger partial charge in [-0.3, -0.25) is 4.98 Å². The topological polar surface area (TPSA) is 151 Å². The van der Waals surface area contributed by atoms with Crippen LogP contribution in [0.3, 0.4) is 0 Å². The summed E-state index contributed by atoms with van der Waals surface area (Å²) < 4.78 is 5.36. The predicted molar refractivity (Wildman–Crippen MR) is 121 cm³/mol. The molecule has 0 aliphatic rings. The minimum atomic E-state index is -1.17. The van der Waals surface area contributed by atoms with Gasteiger partial charge in [0, 0.05) is 12.7 Å². The Hall–Kier alpha value is -3.59. The van der Waals surface area contributed by atoms with Crippen molar-refractivity contribution in [3.63, 3.8) is 0 Å². The molecule has 3 aromatic rings. The second-order valence-electron chi connectivity index (χ2n) is 7.72. The van der Waals surface area contributed by atoms with Crippen LogP contribution in [-0.4, -0.2) is 43.2 Å². The van der Waals surface area contributed by atoms with Crippen LogP contribution in [0.4, 0.5) is 16.2 Å². The van der Waals surface area contributed by atoms with E-state index in [2.05, 4.69) is 36.9 Å². The fourth-order valence-electron chi connectivity index (χ4n) is 2.98. The number of aromatic nitrogens is 5. The molecule has 0 unspecified atom stereocenters. The Morgan fingerprint density at radius 1 is 1.30 bits per heavy atom. The summed E-state index contributed by atoms with van der Waals surface area (Å²) in [6.45, 7) is 6.66. The molecule has 3 N–H and O–H groups in total. The number of amides is 2. The van der Waals surface area contributed by atoms with Gasteiger partial charge in [0.05, 0.1) is 52.3 Å². The molecule has 3 rings (SSSR count). The summed E-state index contributed by atoms with van der Waals surface area (Å²) in [5.74, 6) is 0.232. The number of methoxy groups -OCH3 is 1. The third kappa shape index (κ3) is 5.25. The molecule has 0 aliphatic heterocycles. The van der Waals surface area contributed by atoms with Crippen LogP contribution in [0.1, 0.15) is 49.4 Å². The monoisotopic (exact) mass is 470 g/mol. The fourth-order valence-corrected chi connectivity index (χ4v) is 3.22. The van der Waals surface area contributed by atoms with Gasteiger partial charge in [0.15, 0.2) is 5.82 Å². The van der Waals surface area contributed by atoms with E-state index in [1.54, 1.807) is 27.7 Å². The van der Waals surface area contributed by atoms with Gasteiger partial charge in [-0.2, -0.15) is 10.4 Å². The van der Waals surface area contributed by atoms with Crippen molar-refractivity contribution in [2.75, 3.05) is 17.7 Å². The third-order valence-corrected chi connectivity index (χ3v) is 5.09. The first-order valence-corrected chi connectivity index (χ1v) is 10.2. The maximum Gasteiger partial charge on any atom is 0.323 e. The summed E-state index contributed by atoms with van der Waals surface area (Å²) in [5.41, 5.74) is 1.26. The lowest BCUT2D eigenvalue weighted by Gasteiger charge is -2.18. The highest BCUT2D eigenvalue weighted by molar-refractivity contribution is 6.32. The molecule has 0 saturated carbocycles. The first kappa shape index (κ1) is 24.1. The Kier molecular flexibility index (Phi) is 6.92. The molecule has 12 heteroatoms. The summed E-state index contributed by atoms with van der Waals surface area (Å²) in [4.78, 5) is 22.2. The number of nitriles is 1. The van der Waals surface area contributed by atoms with E-state index in [4.69, 9.17) is 16.3 Å². The molecule has 0 radical (unpaired) electrons. The number of pyridine rings is 2. The Balaban J connectivity index is 1.80. The van der Waals surface area contributed by atoms with Crippen LogP contribution < -0.4 is 10.6 Å². The van der Waals surface area contributed by atoms with Crippen LogP contribution >= 0.6 is 11.6 Å². The summed E-state index contributed by atoms with van der Waals surface area (Å²) in [6.07, 6.45) is 3.84. The van der Waals surface area contributed by atoms with Crippen LogP contribution in [0.2, 0.25) is 5.02 Å². The van der Waals surface area contributed by atoms with Gasteiger partial charge in [0.1, 0.15) is 17.4 Å². The minimum absolute atomic E-state index is 0.183. The van der Waals surface area contributed by atoms with Crippen LogP contribution in [0.5, 0.6) is 0 Å². The number of rotatable bonds is 6. The highest BCUT2D eigenvalue weighted by Gasteiger charge is 2.22. The molecule has 0 saturated heterocycles. The standard InChI is InChI=1S/C21H23ClN8O3/c1-11-14(7-23)18(12(2)33-5)16(9-24-11)28-20(31)27-13-6-15(22)19(25-8-13)30-26-10-17(29-30)21(3,4)32/h6,8-10,12,32H,1-5H3,(H2,27,28,31)/t12-/m0/s1. The summed E-state index contributed by atoms with van der Waals surface area (Å²) >= 11 is 6.31. The SMILES string of the molecule is CO[C@@H](C)c1c(NC(=O)Nc2cnc(-n3ncc(C(C)(C)O)n3)c(Cl)c2)cnc(C)c1C#N. The molecule has 172 valence electrons. The maximum absolute atomic E-state index is 12.6. The molecular weight excluding hydrogens is 448 g/mol. The van der Waals surface area contributed by atoms with Crippen LogP contribution in [0.25, 0.3) is 5.82 Å². The van der Waals surface area contributed by atoms with Gasteiger partial charge in [-0.25, -0.2) is 9.78 Å². The zero-order valence-corrected chi connectivity index (χ0v) is 19.5. The molecule has 0 fully saturated rings.